The second-order valence-electron chi connectivity index (χ2n) is 9.57. The van der Waals surface area contributed by atoms with Gasteiger partial charge in [0, 0.05) is 5.92 Å². The van der Waals surface area contributed by atoms with Crippen LogP contribution in [0.15, 0.2) is 11.6 Å². The Morgan fingerprint density at radius 1 is 1.17 bits per heavy atom. The van der Waals surface area contributed by atoms with Crippen LogP contribution in [0.25, 0.3) is 0 Å². The highest BCUT2D eigenvalue weighted by molar-refractivity contribution is 5.79. The molecular weight excluding hydrogens is 300 g/mol. The molecule has 0 radical (unpaired) electrons. The Labute approximate surface area is 145 Å². The lowest BCUT2D eigenvalue weighted by atomic mass is 9.46. The maximum absolute atomic E-state index is 12.2. The number of carbonyl (C=O) groups is 1. The van der Waals surface area contributed by atoms with Gasteiger partial charge in [-0.05, 0) is 80.5 Å². The molecule has 0 bridgehead atoms. The van der Waals surface area contributed by atoms with Crippen molar-refractivity contribution in [2.24, 2.45) is 34.5 Å². The lowest BCUT2D eigenvalue weighted by molar-refractivity contribution is -0.142. The van der Waals surface area contributed by atoms with Crippen LogP contribution < -0.4 is 0 Å². The zero-order chi connectivity index (χ0) is 17.3. The monoisotopic (exact) mass is 332 g/mol. The van der Waals surface area contributed by atoms with E-state index < -0.39 is 0 Å². The van der Waals surface area contributed by atoms with E-state index in [1.54, 1.807) is 6.92 Å². The van der Waals surface area contributed by atoms with Crippen LogP contribution in [0.2, 0.25) is 0 Å². The molecule has 0 saturated heterocycles. The third kappa shape index (κ3) is 2.13. The van der Waals surface area contributed by atoms with Crippen LogP contribution in [0, 0.1) is 34.5 Å². The molecule has 134 valence electrons. The summed E-state index contributed by atoms with van der Waals surface area (Å²) in [5, 5.41) is 21.2. The molecule has 4 rings (SSSR count). The lowest BCUT2D eigenvalue weighted by Crippen LogP contribution is -2.57. The Morgan fingerprint density at radius 3 is 2.62 bits per heavy atom. The predicted octanol–water partition coefficient (Wildman–Crippen LogP) is 3.49. The van der Waals surface area contributed by atoms with Crippen molar-refractivity contribution >= 4 is 5.78 Å². The van der Waals surface area contributed by atoms with Crippen molar-refractivity contribution in [3.63, 3.8) is 0 Å². The van der Waals surface area contributed by atoms with Crippen molar-refractivity contribution < 1.29 is 15.0 Å². The number of hydrogen-bond acceptors (Lipinski definition) is 3. The number of allylic oxidation sites excluding steroid dienone is 1. The summed E-state index contributed by atoms with van der Waals surface area (Å²) in [5.74, 6) is 1.85. The first-order valence-electron chi connectivity index (χ1n) is 9.85. The van der Waals surface area contributed by atoms with Gasteiger partial charge in [0.05, 0.1) is 12.2 Å². The second-order valence-corrected chi connectivity index (χ2v) is 9.57. The quantitative estimate of drug-likeness (QED) is 0.723. The molecule has 3 fully saturated rings. The van der Waals surface area contributed by atoms with Gasteiger partial charge in [-0.25, -0.2) is 0 Å². The molecule has 0 aromatic rings. The van der Waals surface area contributed by atoms with Gasteiger partial charge in [0.15, 0.2) is 0 Å². The van der Waals surface area contributed by atoms with E-state index in [-0.39, 0.29) is 29.0 Å². The Balaban J connectivity index is 1.71. The summed E-state index contributed by atoms with van der Waals surface area (Å²) in [4.78, 5) is 12.2. The fourth-order valence-corrected chi connectivity index (χ4v) is 7.51. The minimum atomic E-state index is -0.319. The zero-order valence-corrected chi connectivity index (χ0v) is 15.3. The number of fused-ring (bicyclic) bond motifs is 5. The molecule has 0 aromatic carbocycles. The van der Waals surface area contributed by atoms with E-state index >= 15 is 0 Å². The molecule has 4 aliphatic carbocycles. The number of aliphatic hydroxyl groups excluding tert-OH is 2. The van der Waals surface area contributed by atoms with E-state index in [9.17, 15) is 15.0 Å². The summed E-state index contributed by atoms with van der Waals surface area (Å²) in [7, 11) is 0. The summed E-state index contributed by atoms with van der Waals surface area (Å²) < 4.78 is 0. The van der Waals surface area contributed by atoms with Crippen molar-refractivity contribution in [2.75, 3.05) is 0 Å². The molecule has 3 saturated carbocycles. The summed E-state index contributed by atoms with van der Waals surface area (Å²) in [6, 6.07) is 0. The van der Waals surface area contributed by atoms with E-state index in [1.807, 2.05) is 0 Å². The minimum absolute atomic E-state index is 0.0157. The van der Waals surface area contributed by atoms with E-state index in [0.29, 0.717) is 23.5 Å². The van der Waals surface area contributed by atoms with Crippen molar-refractivity contribution in [3.8, 4) is 0 Å². The van der Waals surface area contributed by atoms with Crippen LogP contribution in [0.4, 0.5) is 0 Å². The average Bonchev–Trinajstić information content (AvgIpc) is 2.84. The fourth-order valence-electron chi connectivity index (χ4n) is 7.51. The van der Waals surface area contributed by atoms with Crippen LogP contribution in [-0.4, -0.2) is 28.2 Å². The maximum atomic E-state index is 12.2. The second kappa shape index (κ2) is 5.41. The molecule has 0 spiro atoms. The molecule has 0 heterocycles. The number of aliphatic hydroxyl groups is 2. The molecule has 4 aliphatic rings. The number of carbonyl (C=O) groups excluding carboxylic acids is 1. The average molecular weight is 332 g/mol. The number of rotatable bonds is 1. The van der Waals surface area contributed by atoms with Gasteiger partial charge in [-0.15, -0.1) is 0 Å². The third-order valence-corrected chi connectivity index (χ3v) is 8.51. The molecule has 3 nitrogen and oxygen atoms in total. The molecule has 0 unspecified atom stereocenters. The standard InChI is InChI=1S/C21H32O3/c1-12(22)16-6-7-17-15-5-4-13-10-14(23)8-9-20(13,2)19(15)18(24)11-21(16,17)3/h10,14-19,23-24H,4-9,11H2,1-3H3/t14-,15-,16+,17-,18-,19+,20-,21+/m0/s1. The van der Waals surface area contributed by atoms with Crippen molar-refractivity contribution in [3.05, 3.63) is 11.6 Å². The maximum Gasteiger partial charge on any atom is 0.133 e. The first-order chi connectivity index (χ1) is 11.3. The van der Waals surface area contributed by atoms with Gasteiger partial charge in [0.25, 0.3) is 0 Å². The highest BCUT2D eigenvalue weighted by Crippen LogP contribution is 2.66. The predicted molar refractivity (Wildman–Crippen MR) is 93.3 cm³/mol. The van der Waals surface area contributed by atoms with Crippen LogP contribution in [0.3, 0.4) is 0 Å². The van der Waals surface area contributed by atoms with Gasteiger partial charge in [0.1, 0.15) is 5.78 Å². The van der Waals surface area contributed by atoms with Gasteiger partial charge in [0.2, 0.25) is 0 Å². The van der Waals surface area contributed by atoms with Gasteiger partial charge in [-0.3, -0.25) is 4.79 Å². The Kier molecular flexibility index (Phi) is 3.78. The highest BCUT2D eigenvalue weighted by atomic mass is 16.3. The number of Topliss-reactive ketones (excluding diaryl/α,β-unsaturated/α-hetero) is 1. The molecule has 8 atom stereocenters. The molecular formula is C21H32O3. The van der Waals surface area contributed by atoms with Gasteiger partial charge >= 0.3 is 0 Å². The lowest BCUT2D eigenvalue weighted by Gasteiger charge is -2.60. The van der Waals surface area contributed by atoms with E-state index in [1.165, 1.54) is 5.57 Å². The smallest absolute Gasteiger partial charge is 0.133 e. The summed E-state index contributed by atoms with van der Waals surface area (Å²) in [6.07, 6.45) is 8.34. The topological polar surface area (TPSA) is 57.5 Å². The minimum Gasteiger partial charge on any atom is -0.393 e. The van der Waals surface area contributed by atoms with E-state index in [0.717, 1.165) is 44.9 Å². The van der Waals surface area contributed by atoms with Crippen LogP contribution in [-0.2, 0) is 4.79 Å². The van der Waals surface area contributed by atoms with Gasteiger partial charge in [-0.1, -0.05) is 25.5 Å². The molecule has 0 amide bonds. The van der Waals surface area contributed by atoms with Crippen molar-refractivity contribution in [1.29, 1.82) is 0 Å². The van der Waals surface area contributed by atoms with Gasteiger partial charge in [-0.2, -0.15) is 0 Å². The molecule has 0 aromatic heterocycles. The third-order valence-electron chi connectivity index (χ3n) is 8.51. The SMILES string of the molecule is CC(=O)[C@H]1CC[C@H]2[C@@H]3CCC4=C[C@@H](O)CC[C@]4(C)[C@H]3[C@@H](O)C[C@]12C. The summed E-state index contributed by atoms with van der Waals surface area (Å²) in [5.41, 5.74) is 1.40. The Hall–Kier alpha value is -0.670. The first kappa shape index (κ1) is 16.8. The van der Waals surface area contributed by atoms with Crippen LogP contribution >= 0.6 is 0 Å². The largest absolute Gasteiger partial charge is 0.393 e. The van der Waals surface area contributed by atoms with E-state index in [2.05, 4.69) is 19.9 Å². The Morgan fingerprint density at radius 2 is 1.92 bits per heavy atom. The number of hydrogen-bond donors (Lipinski definition) is 2. The summed E-state index contributed by atoms with van der Waals surface area (Å²) >= 11 is 0. The van der Waals surface area contributed by atoms with Gasteiger partial charge < -0.3 is 10.2 Å². The summed E-state index contributed by atoms with van der Waals surface area (Å²) in [6.45, 7) is 6.33. The Bertz CT molecular complexity index is 582. The van der Waals surface area contributed by atoms with Crippen LogP contribution in [0.1, 0.15) is 65.7 Å². The zero-order valence-electron chi connectivity index (χ0n) is 15.3. The molecule has 2 N–H and O–H groups in total. The van der Waals surface area contributed by atoms with Crippen molar-refractivity contribution in [2.45, 2.75) is 77.9 Å². The molecule has 3 heteroatoms. The van der Waals surface area contributed by atoms with Crippen molar-refractivity contribution in [1.82, 2.24) is 0 Å². The first-order valence-corrected chi connectivity index (χ1v) is 9.85. The molecule has 0 aliphatic heterocycles. The fraction of sp³-hybridized carbons (Fsp3) is 0.857. The normalized spacial score (nSPS) is 53.6. The van der Waals surface area contributed by atoms with Crippen LogP contribution in [0.5, 0.6) is 0 Å². The highest BCUT2D eigenvalue weighted by Gasteiger charge is 2.62. The molecule has 24 heavy (non-hydrogen) atoms. The van der Waals surface area contributed by atoms with E-state index in [4.69, 9.17) is 0 Å². The number of ketones is 1.